The van der Waals surface area contributed by atoms with Crippen LogP contribution in [0.5, 0.6) is 0 Å². The summed E-state index contributed by atoms with van der Waals surface area (Å²) >= 11 is 0. The summed E-state index contributed by atoms with van der Waals surface area (Å²) in [5, 5.41) is 0. The third kappa shape index (κ3) is 1.82. The van der Waals surface area contributed by atoms with E-state index in [1.165, 1.54) is 6.42 Å². The highest BCUT2D eigenvalue weighted by molar-refractivity contribution is 4.81. The summed E-state index contributed by atoms with van der Waals surface area (Å²) in [4.78, 5) is 0. The second-order valence-electron chi connectivity index (χ2n) is 2.76. The topological polar surface area (TPSA) is 35.2 Å². The van der Waals surface area contributed by atoms with Crippen LogP contribution < -0.4 is 5.73 Å². The molecule has 2 heteroatoms. The molecule has 10 heavy (non-hydrogen) atoms. The lowest BCUT2D eigenvalue weighted by atomic mass is 10.2. The highest BCUT2D eigenvalue weighted by Gasteiger charge is 2.23. The fourth-order valence-electron chi connectivity index (χ4n) is 1.35. The molecule has 0 saturated heterocycles. The second kappa shape index (κ2) is 3.74. The second-order valence-corrected chi connectivity index (χ2v) is 2.76. The van der Waals surface area contributed by atoms with Crippen LogP contribution in [0.25, 0.3) is 0 Å². The third-order valence-electron chi connectivity index (χ3n) is 1.93. The van der Waals surface area contributed by atoms with Crippen LogP contribution in [-0.4, -0.2) is 18.8 Å². The molecule has 1 aliphatic rings. The maximum absolute atomic E-state index is 5.76. The molecular formula is C8H15NO. The van der Waals surface area contributed by atoms with Gasteiger partial charge in [0.2, 0.25) is 0 Å². The van der Waals surface area contributed by atoms with E-state index in [-0.39, 0.29) is 12.1 Å². The minimum Gasteiger partial charge on any atom is -0.373 e. The van der Waals surface area contributed by atoms with E-state index in [4.69, 9.17) is 10.5 Å². The van der Waals surface area contributed by atoms with Gasteiger partial charge in [-0.2, -0.15) is 0 Å². The number of rotatable bonds is 3. The molecule has 0 radical (unpaired) electrons. The van der Waals surface area contributed by atoms with Crippen LogP contribution in [0.15, 0.2) is 12.7 Å². The molecule has 0 aromatic rings. The Morgan fingerprint density at radius 2 is 2.40 bits per heavy atom. The van der Waals surface area contributed by atoms with Crippen LogP contribution in [0.4, 0.5) is 0 Å². The average molecular weight is 141 g/mol. The Morgan fingerprint density at radius 1 is 1.60 bits per heavy atom. The van der Waals surface area contributed by atoms with Crippen LogP contribution in [0.2, 0.25) is 0 Å². The molecule has 1 rings (SSSR count). The van der Waals surface area contributed by atoms with Gasteiger partial charge in [-0.1, -0.05) is 6.08 Å². The van der Waals surface area contributed by atoms with E-state index in [0.29, 0.717) is 6.61 Å². The zero-order chi connectivity index (χ0) is 7.40. The van der Waals surface area contributed by atoms with Gasteiger partial charge in [-0.3, -0.25) is 0 Å². The average Bonchev–Trinajstić information content (AvgIpc) is 2.31. The Balaban J connectivity index is 2.19. The molecule has 1 aliphatic carbocycles. The molecule has 0 heterocycles. The fourth-order valence-corrected chi connectivity index (χ4v) is 1.35. The first-order valence-corrected chi connectivity index (χ1v) is 3.82. The normalized spacial score (nSPS) is 32.5. The zero-order valence-corrected chi connectivity index (χ0v) is 6.25. The minimum atomic E-state index is 0.264. The number of hydrogen-bond acceptors (Lipinski definition) is 2. The lowest BCUT2D eigenvalue weighted by molar-refractivity contribution is 0.0687. The fraction of sp³-hybridized carbons (Fsp3) is 0.750. The molecule has 0 spiro atoms. The van der Waals surface area contributed by atoms with Crippen molar-refractivity contribution >= 4 is 0 Å². The number of nitrogens with two attached hydrogens (primary N) is 1. The molecule has 0 unspecified atom stereocenters. The van der Waals surface area contributed by atoms with E-state index in [2.05, 4.69) is 6.58 Å². The summed E-state index contributed by atoms with van der Waals surface area (Å²) in [7, 11) is 0. The van der Waals surface area contributed by atoms with Gasteiger partial charge in [0.25, 0.3) is 0 Å². The van der Waals surface area contributed by atoms with Gasteiger partial charge in [0.15, 0.2) is 0 Å². The van der Waals surface area contributed by atoms with Gasteiger partial charge in [-0.05, 0) is 19.3 Å². The smallest absolute Gasteiger partial charge is 0.0730 e. The van der Waals surface area contributed by atoms with E-state index in [9.17, 15) is 0 Å². The first-order chi connectivity index (χ1) is 4.84. The summed E-state index contributed by atoms with van der Waals surface area (Å²) in [6.45, 7) is 4.22. The molecule has 2 N–H and O–H groups in total. The monoisotopic (exact) mass is 141 g/mol. The van der Waals surface area contributed by atoms with E-state index in [1.54, 1.807) is 6.08 Å². The van der Waals surface area contributed by atoms with Crippen molar-refractivity contribution in [3.63, 3.8) is 0 Å². The largest absolute Gasteiger partial charge is 0.373 e. The maximum atomic E-state index is 5.76. The van der Waals surface area contributed by atoms with E-state index in [0.717, 1.165) is 12.8 Å². The molecule has 0 bridgehead atoms. The molecular weight excluding hydrogens is 126 g/mol. The third-order valence-corrected chi connectivity index (χ3v) is 1.93. The molecule has 0 amide bonds. The molecule has 2 atom stereocenters. The lowest BCUT2D eigenvalue weighted by Gasteiger charge is -2.14. The van der Waals surface area contributed by atoms with Crippen molar-refractivity contribution in [3.05, 3.63) is 12.7 Å². The van der Waals surface area contributed by atoms with Crippen molar-refractivity contribution < 1.29 is 4.74 Å². The Morgan fingerprint density at radius 3 is 2.90 bits per heavy atom. The predicted molar refractivity (Wildman–Crippen MR) is 41.8 cm³/mol. The Hall–Kier alpha value is -0.340. The lowest BCUT2D eigenvalue weighted by Crippen LogP contribution is -2.31. The standard InChI is InChI=1S/C8H15NO/c1-2-6-10-8-5-3-4-7(8)9/h2,7-8H,1,3-6,9H2/t7-,8-/m0/s1. The molecule has 0 aliphatic heterocycles. The summed E-state index contributed by atoms with van der Waals surface area (Å²) in [6.07, 6.45) is 5.50. The minimum absolute atomic E-state index is 0.264. The van der Waals surface area contributed by atoms with Gasteiger partial charge in [0.1, 0.15) is 0 Å². The van der Waals surface area contributed by atoms with Crippen molar-refractivity contribution in [2.24, 2.45) is 5.73 Å². The van der Waals surface area contributed by atoms with E-state index < -0.39 is 0 Å². The van der Waals surface area contributed by atoms with Gasteiger partial charge < -0.3 is 10.5 Å². The highest BCUT2D eigenvalue weighted by atomic mass is 16.5. The summed E-state index contributed by atoms with van der Waals surface area (Å²) in [5.74, 6) is 0. The Bertz CT molecular complexity index is 114. The van der Waals surface area contributed by atoms with Crippen molar-refractivity contribution in [1.82, 2.24) is 0 Å². The number of ether oxygens (including phenoxy) is 1. The molecule has 1 fully saturated rings. The van der Waals surface area contributed by atoms with Gasteiger partial charge >= 0.3 is 0 Å². The maximum Gasteiger partial charge on any atom is 0.0730 e. The first kappa shape index (κ1) is 7.76. The highest BCUT2D eigenvalue weighted by Crippen LogP contribution is 2.19. The van der Waals surface area contributed by atoms with Gasteiger partial charge in [-0.15, -0.1) is 6.58 Å². The van der Waals surface area contributed by atoms with Gasteiger partial charge in [0, 0.05) is 6.04 Å². The van der Waals surface area contributed by atoms with Crippen LogP contribution in [0.1, 0.15) is 19.3 Å². The Kier molecular flexibility index (Phi) is 2.90. The van der Waals surface area contributed by atoms with Crippen molar-refractivity contribution in [2.75, 3.05) is 6.61 Å². The van der Waals surface area contributed by atoms with Crippen molar-refractivity contribution in [3.8, 4) is 0 Å². The Labute approximate surface area is 62.1 Å². The van der Waals surface area contributed by atoms with E-state index in [1.807, 2.05) is 0 Å². The summed E-state index contributed by atoms with van der Waals surface area (Å²) in [6, 6.07) is 0.264. The molecule has 0 aromatic heterocycles. The van der Waals surface area contributed by atoms with Gasteiger partial charge in [-0.25, -0.2) is 0 Å². The summed E-state index contributed by atoms with van der Waals surface area (Å²) in [5.41, 5.74) is 5.76. The van der Waals surface area contributed by atoms with Crippen LogP contribution in [-0.2, 0) is 4.74 Å². The molecule has 2 nitrogen and oxygen atoms in total. The van der Waals surface area contributed by atoms with Crippen LogP contribution in [0, 0.1) is 0 Å². The zero-order valence-electron chi connectivity index (χ0n) is 6.25. The quantitative estimate of drug-likeness (QED) is 0.597. The van der Waals surface area contributed by atoms with E-state index >= 15 is 0 Å². The SMILES string of the molecule is C=CCO[C@H]1CCC[C@@H]1N. The van der Waals surface area contributed by atoms with Crippen LogP contribution >= 0.6 is 0 Å². The van der Waals surface area contributed by atoms with Gasteiger partial charge in [0.05, 0.1) is 12.7 Å². The van der Waals surface area contributed by atoms with Crippen LogP contribution in [0.3, 0.4) is 0 Å². The van der Waals surface area contributed by atoms with Crippen molar-refractivity contribution in [2.45, 2.75) is 31.4 Å². The molecule has 1 saturated carbocycles. The molecule has 58 valence electrons. The summed E-state index contributed by atoms with van der Waals surface area (Å²) < 4.78 is 5.42. The predicted octanol–water partition coefficient (Wildman–Crippen LogP) is 1.07. The molecule has 0 aromatic carbocycles. The first-order valence-electron chi connectivity index (χ1n) is 3.82. The number of hydrogen-bond donors (Lipinski definition) is 1. The van der Waals surface area contributed by atoms with Crippen molar-refractivity contribution in [1.29, 1.82) is 0 Å².